The van der Waals surface area contributed by atoms with Crippen LogP contribution in [0.3, 0.4) is 0 Å². The number of thiophene rings is 1. The second-order valence-corrected chi connectivity index (χ2v) is 7.82. The molecule has 0 spiro atoms. The lowest BCUT2D eigenvalue weighted by Crippen LogP contribution is -2.29. The molecule has 7 heteroatoms. The maximum absolute atomic E-state index is 11.7. The number of rotatable bonds is 8. The number of hydrogen-bond donors (Lipinski definition) is 1. The van der Waals surface area contributed by atoms with E-state index in [9.17, 15) is 13.2 Å². The van der Waals surface area contributed by atoms with E-state index < -0.39 is 15.7 Å². The van der Waals surface area contributed by atoms with E-state index in [0.29, 0.717) is 6.54 Å². The number of nitrogens with two attached hydrogens (primary N) is 1. The molecule has 1 atom stereocenters. The summed E-state index contributed by atoms with van der Waals surface area (Å²) in [5, 5.41) is 2.00. The number of amides is 1. The van der Waals surface area contributed by atoms with Gasteiger partial charge in [0.05, 0.1) is 11.5 Å². The molecule has 0 aliphatic rings. The minimum Gasteiger partial charge on any atom is -0.370 e. The van der Waals surface area contributed by atoms with Crippen molar-refractivity contribution >= 4 is 27.1 Å². The van der Waals surface area contributed by atoms with Crippen LogP contribution in [0, 0.1) is 0 Å². The summed E-state index contributed by atoms with van der Waals surface area (Å²) in [6, 6.07) is 4.20. The monoisotopic (exact) mass is 304 g/mol. The van der Waals surface area contributed by atoms with Crippen LogP contribution in [0.4, 0.5) is 0 Å². The van der Waals surface area contributed by atoms with Gasteiger partial charge in [-0.2, -0.15) is 0 Å². The molecule has 1 heterocycles. The highest BCUT2D eigenvalue weighted by molar-refractivity contribution is 7.91. The van der Waals surface area contributed by atoms with E-state index in [2.05, 4.69) is 0 Å². The lowest BCUT2D eigenvalue weighted by Gasteiger charge is -2.23. The third-order valence-corrected chi connectivity index (χ3v) is 5.70. The van der Waals surface area contributed by atoms with Crippen LogP contribution in [0.1, 0.15) is 24.3 Å². The van der Waals surface area contributed by atoms with Gasteiger partial charge in [0.25, 0.3) is 0 Å². The number of nitrogens with zero attached hydrogens (tertiary/aromatic N) is 1. The van der Waals surface area contributed by atoms with Crippen LogP contribution in [-0.2, 0) is 14.6 Å². The maximum atomic E-state index is 11.7. The van der Waals surface area contributed by atoms with Crippen LogP contribution in [0.25, 0.3) is 0 Å². The molecule has 0 radical (unpaired) electrons. The molecule has 0 unspecified atom stereocenters. The van der Waals surface area contributed by atoms with E-state index in [1.165, 1.54) is 4.88 Å². The molecule has 1 amide bonds. The van der Waals surface area contributed by atoms with Crippen molar-refractivity contribution in [3.63, 3.8) is 0 Å². The number of carbonyl (C=O) groups excluding carboxylic acids is 1. The molecule has 1 rings (SSSR count). The number of hydrogen-bond acceptors (Lipinski definition) is 5. The normalized spacial score (nSPS) is 13.6. The van der Waals surface area contributed by atoms with Gasteiger partial charge < -0.3 is 5.73 Å². The summed E-state index contributed by atoms with van der Waals surface area (Å²) in [7, 11) is -1.32. The minimum atomic E-state index is -3.21. The number of primary amides is 1. The van der Waals surface area contributed by atoms with Gasteiger partial charge in [-0.25, -0.2) is 8.42 Å². The van der Waals surface area contributed by atoms with E-state index in [4.69, 9.17) is 5.73 Å². The van der Waals surface area contributed by atoms with Crippen LogP contribution in [-0.4, -0.2) is 44.3 Å². The van der Waals surface area contributed by atoms with Crippen molar-refractivity contribution in [3.05, 3.63) is 22.4 Å². The Morgan fingerprint density at radius 1 is 1.47 bits per heavy atom. The Labute approximate surface area is 118 Å². The van der Waals surface area contributed by atoms with E-state index in [1.54, 1.807) is 11.3 Å². The highest BCUT2D eigenvalue weighted by atomic mass is 32.2. The van der Waals surface area contributed by atoms with Crippen LogP contribution in [0.2, 0.25) is 0 Å². The first-order valence-electron chi connectivity index (χ1n) is 6.04. The Hall–Kier alpha value is -0.920. The van der Waals surface area contributed by atoms with E-state index in [0.717, 1.165) is 0 Å². The van der Waals surface area contributed by atoms with E-state index in [-0.39, 0.29) is 24.0 Å². The number of carbonyl (C=O) groups is 1. The van der Waals surface area contributed by atoms with Gasteiger partial charge in [-0.1, -0.05) is 6.07 Å². The summed E-state index contributed by atoms with van der Waals surface area (Å²) in [5.41, 5.74) is 4.96. The van der Waals surface area contributed by atoms with Gasteiger partial charge in [0.2, 0.25) is 5.91 Å². The molecule has 0 fully saturated rings. The molecule has 108 valence electrons. The lowest BCUT2D eigenvalue weighted by molar-refractivity contribution is -0.117. The summed E-state index contributed by atoms with van der Waals surface area (Å²) in [4.78, 5) is 13.8. The Morgan fingerprint density at radius 2 is 2.16 bits per heavy atom. The van der Waals surface area contributed by atoms with Crippen LogP contribution in [0.5, 0.6) is 0 Å². The van der Waals surface area contributed by atoms with Crippen molar-refractivity contribution in [3.8, 4) is 0 Å². The SMILES string of the molecule is C[C@H](c1cccs1)N(C)CCS(=O)(=O)CCC(N)=O. The molecular weight excluding hydrogens is 284 g/mol. The fraction of sp³-hybridized carbons (Fsp3) is 0.583. The molecule has 0 saturated carbocycles. The topological polar surface area (TPSA) is 80.5 Å². The lowest BCUT2D eigenvalue weighted by atomic mass is 10.2. The standard InChI is InChI=1S/C12H20N2O3S2/c1-10(11-4-3-7-18-11)14(2)6-9-19(16,17)8-5-12(13)15/h3-4,7,10H,5-6,8-9H2,1-2H3,(H2,13,15)/t10-/m1/s1. The fourth-order valence-electron chi connectivity index (χ4n) is 1.58. The summed E-state index contributed by atoms with van der Waals surface area (Å²) in [6.45, 7) is 2.49. The zero-order valence-corrected chi connectivity index (χ0v) is 12.8. The Morgan fingerprint density at radius 3 is 2.68 bits per heavy atom. The first-order chi connectivity index (χ1) is 8.82. The van der Waals surface area contributed by atoms with Gasteiger partial charge in [0.1, 0.15) is 0 Å². The van der Waals surface area contributed by atoms with Crippen molar-refractivity contribution < 1.29 is 13.2 Å². The van der Waals surface area contributed by atoms with Crippen molar-refractivity contribution in [2.75, 3.05) is 25.1 Å². The van der Waals surface area contributed by atoms with Crippen LogP contribution < -0.4 is 5.73 Å². The summed E-state index contributed by atoms with van der Waals surface area (Å²) in [5.74, 6) is -0.695. The quantitative estimate of drug-likeness (QED) is 0.778. The largest absolute Gasteiger partial charge is 0.370 e. The van der Waals surface area contributed by atoms with Crippen molar-refractivity contribution in [1.82, 2.24) is 4.90 Å². The first-order valence-corrected chi connectivity index (χ1v) is 8.74. The van der Waals surface area contributed by atoms with Crippen molar-refractivity contribution in [2.24, 2.45) is 5.73 Å². The Kier molecular flexibility index (Phi) is 5.96. The maximum Gasteiger partial charge on any atom is 0.218 e. The third kappa shape index (κ3) is 5.71. The molecule has 2 N–H and O–H groups in total. The van der Waals surface area contributed by atoms with Gasteiger partial charge in [-0.3, -0.25) is 9.69 Å². The summed E-state index contributed by atoms with van der Waals surface area (Å²) >= 11 is 1.65. The Balaban J connectivity index is 2.45. The molecule has 19 heavy (non-hydrogen) atoms. The molecule has 1 aromatic rings. The summed E-state index contributed by atoms with van der Waals surface area (Å²) in [6.07, 6.45) is -0.105. The smallest absolute Gasteiger partial charge is 0.218 e. The molecule has 0 aliphatic carbocycles. The zero-order chi connectivity index (χ0) is 14.5. The van der Waals surface area contributed by atoms with Gasteiger partial charge in [-0.05, 0) is 25.4 Å². The van der Waals surface area contributed by atoms with Crippen LogP contribution >= 0.6 is 11.3 Å². The molecule has 5 nitrogen and oxygen atoms in total. The summed E-state index contributed by atoms with van der Waals surface area (Å²) < 4.78 is 23.4. The average Bonchev–Trinajstić information content (AvgIpc) is 2.86. The van der Waals surface area contributed by atoms with Crippen molar-refractivity contribution in [1.29, 1.82) is 0 Å². The first kappa shape index (κ1) is 16.1. The van der Waals surface area contributed by atoms with Crippen molar-refractivity contribution in [2.45, 2.75) is 19.4 Å². The third-order valence-electron chi connectivity index (χ3n) is 3.03. The predicted octanol–water partition coefficient (Wildman–Crippen LogP) is 1.03. The predicted molar refractivity (Wildman–Crippen MR) is 77.8 cm³/mol. The van der Waals surface area contributed by atoms with Crippen LogP contribution in [0.15, 0.2) is 17.5 Å². The minimum absolute atomic E-state index is 0.0481. The van der Waals surface area contributed by atoms with Gasteiger partial charge in [-0.15, -0.1) is 11.3 Å². The average molecular weight is 304 g/mol. The van der Waals surface area contributed by atoms with E-state index in [1.807, 2.05) is 36.4 Å². The molecule has 0 bridgehead atoms. The van der Waals surface area contributed by atoms with Gasteiger partial charge >= 0.3 is 0 Å². The molecule has 0 aromatic carbocycles. The number of sulfone groups is 1. The highest BCUT2D eigenvalue weighted by Crippen LogP contribution is 2.23. The Bertz CT molecular complexity index is 497. The van der Waals surface area contributed by atoms with E-state index >= 15 is 0 Å². The van der Waals surface area contributed by atoms with Gasteiger partial charge in [0.15, 0.2) is 9.84 Å². The molecule has 0 saturated heterocycles. The zero-order valence-electron chi connectivity index (χ0n) is 11.2. The fourth-order valence-corrected chi connectivity index (χ4v) is 3.71. The second kappa shape index (κ2) is 7.02. The molecule has 1 aromatic heterocycles. The second-order valence-electron chi connectivity index (χ2n) is 4.54. The molecule has 0 aliphatic heterocycles. The molecular formula is C12H20N2O3S2. The highest BCUT2D eigenvalue weighted by Gasteiger charge is 2.17. The van der Waals surface area contributed by atoms with Gasteiger partial charge in [0, 0.05) is 23.9 Å².